The molecule has 0 spiro atoms. The predicted octanol–water partition coefficient (Wildman–Crippen LogP) is 3.31. The smallest absolute Gasteiger partial charge is 0.309 e. The molecular formula is C18H19NO5. The van der Waals surface area contributed by atoms with E-state index in [2.05, 4.69) is 5.32 Å². The molecule has 0 saturated heterocycles. The highest BCUT2D eigenvalue weighted by Crippen LogP contribution is 2.32. The maximum Gasteiger partial charge on any atom is 0.309 e. The number of ketones is 1. The minimum absolute atomic E-state index is 0.0852. The van der Waals surface area contributed by atoms with Crippen LogP contribution < -0.4 is 5.32 Å². The lowest BCUT2D eigenvalue weighted by Crippen LogP contribution is -2.34. The molecule has 1 fully saturated rings. The molecule has 6 heteroatoms. The van der Waals surface area contributed by atoms with Crippen molar-refractivity contribution in [2.24, 2.45) is 5.92 Å². The quantitative estimate of drug-likeness (QED) is 0.672. The molecule has 1 aliphatic rings. The highest BCUT2D eigenvalue weighted by molar-refractivity contribution is 6.11. The maximum atomic E-state index is 12.4. The van der Waals surface area contributed by atoms with Gasteiger partial charge in [0.25, 0.3) is 5.91 Å². The summed E-state index contributed by atoms with van der Waals surface area (Å²) in [5.74, 6) is -1.13. The van der Waals surface area contributed by atoms with Crippen LogP contribution >= 0.6 is 0 Å². The number of rotatable bonds is 5. The first-order valence-corrected chi connectivity index (χ1v) is 8.01. The van der Waals surface area contributed by atoms with Crippen LogP contribution in [0.4, 0.5) is 5.69 Å². The molecule has 1 amide bonds. The van der Waals surface area contributed by atoms with E-state index in [9.17, 15) is 14.4 Å². The third kappa shape index (κ3) is 3.04. The second kappa shape index (κ2) is 6.47. The van der Waals surface area contributed by atoms with Crippen molar-refractivity contribution in [3.8, 4) is 0 Å². The van der Waals surface area contributed by atoms with E-state index in [1.807, 2.05) is 0 Å². The molecule has 6 nitrogen and oxygen atoms in total. The van der Waals surface area contributed by atoms with Crippen LogP contribution in [0.2, 0.25) is 0 Å². The summed E-state index contributed by atoms with van der Waals surface area (Å²) in [6.45, 7) is 2.88. The Balaban J connectivity index is 1.78. The molecule has 1 atom stereocenters. The average Bonchev–Trinajstić information content (AvgIpc) is 2.84. The Morgan fingerprint density at radius 3 is 2.58 bits per heavy atom. The standard InChI is InChI=1S/C18H19NO5/c1-10(20)16-15(13-8-3-4-9-14(13)24-16)19-17(21)11(2)23-18(22)12-6-5-7-12/h3-4,8-9,11-12H,5-7H2,1-2H3,(H,19,21). The zero-order valence-corrected chi connectivity index (χ0v) is 13.6. The third-order valence-corrected chi connectivity index (χ3v) is 4.26. The molecule has 1 aromatic heterocycles. The molecule has 126 valence electrons. The first-order valence-electron chi connectivity index (χ1n) is 8.01. The summed E-state index contributed by atoms with van der Waals surface area (Å²) in [4.78, 5) is 36.0. The van der Waals surface area contributed by atoms with Crippen molar-refractivity contribution in [1.29, 1.82) is 0 Å². The predicted molar refractivity (Wildman–Crippen MR) is 87.7 cm³/mol. The summed E-state index contributed by atoms with van der Waals surface area (Å²) in [6.07, 6.45) is 1.71. The van der Waals surface area contributed by atoms with Gasteiger partial charge in [0.2, 0.25) is 0 Å². The molecule has 3 rings (SSSR count). The minimum Gasteiger partial charge on any atom is -0.452 e. The van der Waals surface area contributed by atoms with Gasteiger partial charge in [0.1, 0.15) is 5.58 Å². The molecule has 1 aliphatic carbocycles. The van der Waals surface area contributed by atoms with Gasteiger partial charge in [-0.25, -0.2) is 0 Å². The fourth-order valence-electron chi connectivity index (χ4n) is 2.61. The van der Waals surface area contributed by atoms with Gasteiger partial charge in [-0.15, -0.1) is 0 Å². The van der Waals surface area contributed by atoms with E-state index in [1.54, 1.807) is 24.3 Å². The Labute approximate surface area is 139 Å². The maximum absolute atomic E-state index is 12.4. The normalized spacial score (nSPS) is 15.6. The number of para-hydroxylation sites is 1. The topological polar surface area (TPSA) is 85.6 Å². The summed E-state index contributed by atoms with van der Waals surface area (Å²) in [7, 11) is 0. The lowest BCUT2D eigenvalue weighted by Gasteiger charge is -2.24. The number of Topliss-reactive ketones (excluding diaryl/α,β-unsaturated/α-hetero) is 1. The van der Waals surface area contributed by atoms with E-state index in [1.165, 1.54) is 13.8 Å². The van der Waals surface area contributed by atoms with Crippen molar-refractivity contribution in [2.45, 2.75) is 39.2 Å². The number of carbonyl (C=O) groups is 3. The van der Waals surface area contributed by atoms with Gasteiger partial charge in [0.15, 0.2) is 17.6 Å². The number of nitrogens with one attached hydrogen (secondary N) is 1. The average molecular weight is 329 g/mol. The van der Waals surface area contributed by atoms with Crippen LogP contribution in [-0.2, 0) is 14.3 Å². The Morgan fingerprint density at radius 2 is 1.96 bits per heavy atom. The molecular weight excluding hydrogens is 310 g/mol. The minimum atomic E-state index is -0.938. The van der Waals surface area contributed by atoms with Gasteiger partial charge in [0.05, 0.1) is 11.6 Å². The molecule has 24 heavy (non-hydrogen) atoms. The SMILES string of the molecule is CC(=O)c1oc2ccccc2c1NC(=O)C(C)OC(=O)C1CCC1. The number of benzene rings is 1. The van der Waals surface area contributed by atoms with Crippen molar-refractivity contribution in [2.75, 3.05) is 5.32 Å². The number of carbonyl (C=O) groups excluding carboxylic acids is 3. The first kappa shape index (κ1) is 16.2. The Morgan fingerprint density at radius 1 is 1.25 bits per heavy atom. The fraction of sp³-hybridized carbons (Fsp3) is 0.389. The molecule has 1 unspecified atom stereocenters. The molecule has 0 bridgehead atoms. The molecule has 1 N–H and O–H groups in total. The molecule has 1 heterocycles. The summed E-state index contributed by atoms with van der Waals surface area (Å²) in [5.41, 5.74) is 0.826. The van der Waals surface area contributed by atoms with Gasteiger partial charge in [-0.2, -0.15) is 0 Å². The van der Waals surface area contributed by atoms with E-state index in [0.717, 1.165) is 19.3 Å². The number of anilines is 1. The number of ether oxygens (including phenoxy) is 1. The molecule has 0 radical (unpaired) electrons. The van der Waals surface area contributed by atoms with Crippen LogP contribution in [0.25, 0.3) is 11.0 Å². The Kier molecular flexibility index (Phi) is 4.38. The molecule has 2 aromatic rings. The van der Waals surface area contributed by atoms with Gasteiger partial charge < -0.3 is 14.5 Å². The molecule has 1 aromatic carbocycles. The largest absolute Gasteiger partial charge is 0.452 e. The number of hydrogen-bond donors (Lipinski definition) is 1. The van der Waals surface area contributed by atoms with Gasteiger partial charge >= 0.3 is 5.97 Å². The lowest BCUT2D eigenvalue weighted by molar-refractivity contribution is -0.159. The summed E-state index contributed by atoms with van der Waals surface area (Å²) < 4.78 is 10.7. The fourth-order valence-corrected chi connectivity index (χ4v) is 2.61. The second-order valence-electron chi connectivity index (χ2n) is 6.05. The van der Waals surface area contributed by atoms with Crippen molar-refractivity contribution < 1.29 is 23.5 Å². The molecule has 1 saturated carbocycles. The summed E-state index contributed by atoms with van der Waals surface area (Å²) in [6, 6.07) is 7.05. The number of esters is 1. The molecule has 0 aliphatic heterocycles. The van der Waals surface area contributed by atoms with Gasteiger partial charge in [-0.1, -0.05) is 18.6 Å². The van der Waals surface area contributed by atoms with Crippen molar-refractivity contribution >= 4 is 34.3 Å². The van der Waals surface area contributed by atoms with Crippen LogP contribution in [-0.4, -0.2) is 23.8 Å². The Bertz CT molecular complexity index is 803. The van der Waals surface area contributed by atoms with Crippen LogP contribution in [0.1, 0.15) is 43.7 Å². The highest BCUT2D eigenvalue weighted by atomic mass is 16.5. The third-order valence-electron chi connectivity index (χ3n) is 4.26. The van der Waals surface area contributed by atoms with E-state index >= 15 is 0 Å². The van der Waals surface area contributed by atoms with E-state index < -0.39 is 12.0 Å². The number of furan rings is 1. The van der Waals surface area contributed by atoms with Crippen LogP contribution in [0.15, 0.2) is 28.7 Å². The van der Waals surface area contributed by atoms with E-state index in [4.69, 9.17) is 9.15 Å². The number of amides is 1. The Hall–Kier alpha value is -2.63. The zero-order chi connectivity index (χ0) is 17.3. The van der Waals surface area contributed by atoms with Gasteiger partial charge in [0, 0.05) is 12.3 Å². The van der Waals surface area contributed by atoms with Crippen LogP contribution in [0.5, 0.6) is 0 Å². The van der Waals surface area contributed by atoms with Crippen LogP contribution in [0, 0.1) is 5.92 Å². The number of hydrogen-bond acceptors (Lipinski definition) is 5. The second-order valence-corrected chi connectivity index (χ2v) is 6.05. The first-order chi connectivity index (χ1) is 11.5. The van der Waals surface area contributed by atoms with Crippen molar-refractivity contribution in [3.05, 3.63) is 30.0 Å². The summed E-state index contributed by atoms with van der Waals surface area (Å²) >= 11 is 0. The van der Waals surface area contributed by atoms with Gasteiger partial charge in [-0.3, -0.25) is 14.4 Å². The van der Waals surface area contributed by atoms with E-state index in [0.29, 0.717) is 16.7 Å². The van der Waals surface area contributed by atoms with Crippen LogP contribution in [0.3, 0.4) is 0 Å². The van der Waals surface area contributed by atoms with Gasteiger partial charge in [-0.05, 0) is 31.9 Å². The summed E-state index contributed by atoms with van der Waals surface area (Å²) in [5, 5.41) is 3.30. The number of fused-ring (bicyclic) bond motifs is 1. The lowest BCUT2D eigenvalue weighted by atomic mass is 9.86. The van der Waals surface area contributed by atoms with E-state index in [-0.39, 0.29) is 23.4 Å². The highest BCUT2D eigenvalue weighted by Gasteiger charge is 2.30. The van der Waals surface area contributed by atoms with Crippen molar-refractivity contribution in [1.82, 2.24) is 0 Å². The zero-order valence-electron chi connectivity index (χ0n) is 13.6. The monoisotopic (exact) mass is 329 g/mol. The van der Waals surface area contributed by atoms with Crippen molar-refractivity contribution in [3.63, 3.8) is 0 Å².